The standard InChI is InChI=1S/C35H42N2O5S/c1-35(2,3)42-33(39)36-18-17-28(22-36)31(21-27-15-10-16-30(20-27)43-24-26-13-8-5-9-14-26)32(38)37-29(23-41-34(37)40)19-25-11-6-4-7-12-25/h4-16,20,28-29,31,34,40H,17-19,21-24H2,1-3H3/t28-,29-,31-,34?/m0/s1. The van der Waals surface area contributed by atoms with Crippen molar-refractivity contribution in [3.8, 4) is 0 Å². The van der Waals surface area contributed by atoms with Gasteiger partial charge in [-0.1, -0.05) is 72.8 Å². The lowest BCUT2D eigenvalue weighted by Gasteiger charge is -2.32. The summed E-state index contributed by atoms with van der Waals surface area (Å²) in [6.07, 6.45) is 0.141. The summed E-state index contributed by atoms with van der Waals surface area (Å²) in [6.45, 7) is 6.80. The first-order valence-electron chi connectivity index (χ1n) is 15.1. The molecule has 0 aromatic heterocycles. The molecule has 2 aliphatic rings. The van der Waals surface area contributed by atoms with E-state index in [9.17, 15) is 14.7 Å². The number of hydrogen-bond acceptors (Lipinski definition) is 6. The maximum absolute atomic E-state index is 14.4. The Bertz CT molecular complexity index is 1360. The third kappa shape index (κ3) is 8.40. The molecule has 0 bridgehead atoms. The monoisotopic (exact) mass is 602 g/mol. The van der Waals surface area contributed by atoms with Gasteiger partial charge in [0.25, 0.3) is 0 Å². The largest absolute Gasteiger partial charge is 0.444 e. The van der Waals surface area contributed by atoms with E-state index in [-0.39, 0.29) is 30.6 Å². The second-order valence-corrected chi connectivity index (χ2v) is 13.5. The van der Waals surface area contributed by atoms with Crippen molar-refractivity contribution in [1.82, 2.24) is 9.80 Å². The van der Waals surface area contributed by atoms with Crippen molar-refractivity contribution >= 4 is 23.8 Å². The number of benzene rings is 3. The van der Waals surface area contributed by atoms with Crippen molar-refractivity contribution in [3.05, 3.63) is 102 Å². The molecule has 1 N–H and O–H groups in total. The number of hydrogen-bond donors (Lipinski definition) is 1. The molecule has 2 aliphatic heterocycles. The zero-order chi connectivity index (χ0) is 30.4. The Kier molecular flexibility index (Phi) is 10.1. The summed E-state index contributed by atoms with van der Waals surface area (Å²) < 4.78 is 11.3. The van der Waals surface area contributed by atoms with Crippen LogP contribution < -0.4 is 0 Å². The summed E-state index contributed by atoms with van der Waals surface area (Å²) in [7, 11) is 0. The number of aliphatic hydroxyl groups excluding tert-OH is 1. The molecule has 0 radical (unpaired) electrons. The van der Waals surface area contributed by atoms with E-state index in [1.165, 1.54) is 10.5 Å². The maximum atomic E-state index is 14.4. The molecule has 2 fully saturated rings. The van der Waals surface area contributed by atoms with Crippen LogP contribution in [-0.4, -0.2) is 64.7 Å². The van der Waals surface area contributed by atoms with E-state index in [0.717, 1.165) is 21.8 Å². The highest BCUT2D eigenvalue weighted by Gasteiger charge is 2.44. The SMILES string of the molecule is CC(C)(C)OC(=O)N1CC[C@H]([C@H](Cc2cccc(SCc3ccccc3)c2)C(=O)N2C(O)OC[C@@H]2Cc2ccccc2)C1. The molecule has 0 aliphatic carbocycles. The normalized spacial score (nSPS) is 21.2. The molecular formula is C35H42N2O5S. The molecule has 2 amide bonds. The number of rotatable bonds is 9. The molecule has 228 valence electrons. The quantitative estimate of drug-likeness (QED) is 0.297. The Balaban J connectivity index is 1.36. The third-order valence-corrected chi connectivity index (χ3v) is 9.07. The average Bonchev–Trinajstić information content (AvgIpc) is 3.62. The van der Waals surface area contributed by atoms with Crippen molar-refractivity contribution in [2.75, 3.05) is 19.7 Å². The van der Waals surface area contributed by atoms with Crippen molar-refractivity contribution in [1.29, 1.82) is 0 Å². The summed E-state index contributed by atoms with van der Waals surface area (Å²) in [4.78, 5) is 31.7. The molecule has 2 heterocycles. The Hall–Kier alpha value is -3.33. The number of amides is 2. The van der Waals surface area contributed by atoms with Gasteiger partial charge in [-0.15, -0.1) is 11.8 Å². The molecule has 4 atom stereocenters. The zero-order valence-corrected chi connectivity index (χ0v) is 26.0. The molecule has 5 rings (SSSR count). The van der Waals surface area contributed by atoms with Crippen molar-refractivity contribution < 1.29 is 24.2 Å². The molecule has 0 saturated carbocycles. The number of aliphatic hydroxyl groups is 1. The lowest BCUT2D eigenvalue weighted by atomic mass is 9.84. The molecule has 3 aromatic carbocycles. The second-order valence-electron chi connectivity index (χ2n) is 12.5. The van der Waals surface area contributed by atoms with Crippen LogP contribution in [0, 0.1) is 11.8 Å². The first-order valence-corrected chi connectivity index (χ1v) is 16.0. The van der Waals surface area contributed by atoms with Gasteiger partial charge in [0.05, 0.1) is 12.6 Å². The van der Waals surface area contributed by atoms with E-state index < -0.39 is 17.9 Å². The fourth-order valence-electron chi connectivity index (χ4n) is 5.88. The van der Waals surface area contributed by atoms with Crippen LogP contribution in [0.5, 0.6) is 0 Å². The van der Waals surface area contributed by atoms with Crippen LogP contribution >= 0.6 is 11.8 Å². The van der Waals surface area contributed by atoms with Crippen molar-refractivity contribution in [2.24, 2.45) is 11.8 Å². The highest BCUT2D eigenvalue weighted by atomic mass is 32.2. The number of nitrogens with zero attached hydrogens (tertiary/aromatic N) is 2. The van der Waals surface area contributed by atoms with E-state index in [0.29, 0.717) is 32.4 Å². The number of ether oxygens (including phenoxy) is 2. The third-order valence-electron chi connectivity index (χ3n) is 8.00. The fourth-order valence-corrected chi connectivity index (χ4v) is 6.82. The predicted octanol–water partition coefficient (Wildman–Crippen LogP) is 6.14. The first-order chi connectivity index (χ1) is 20.7. The van der Waals surface area contributed by atoms with Crippen LogP contribution in [0.4, 0.5) is 4.79 Å². The summed E-state index contributed by atoms with van der Waals surface area (Å²) >= 11 is 1.77. The van der Waals surface area contributed by atoms with Gasteiger partial charge in [0.15, 0.2) is 0 Å². The zero-order valence-electron chi connectivity index (χ0n) is 25.2. The van der Waals surface area contributed by atoms with Gasteiger partial charge < -0.3 is 19.5 Å². The van der Waals surface area contributed by atoms with Crippen LogP contribution in [0.25, 0.3) is 0 Å². The van der Waals surface area contributed by atoms with Gasteiger partial charge in [0.2, 0.25) is 12.3 Å². The second kappa shape index (κ2) is 14.0. The van der Waals surface area contributed by atoms with E-state index in [1.54, 1.807) is 16.7 Å². The predicted molar refractivity (Wildman–Crippen MR) is 168 cm³/mol. The number of likely N-dealkylation sites (tertiary alicyclic amines) is 1. The number of carbonyl (C=O) groups is 2. The highest BCUT2D eigenvalue weighted by molar-refractivity contribution is 7.98. The van der Waals surface area contributed by atoms with E-state index in [2.05, 4.69) is 30.3 Å². The van der Waals surface area contributed by atoms with Gasteiger partial charge in [-0.25, -0.2) is 4.79 Å². The molecule has 2 saturated heterocycles. The van der Waals surface area contributed by atoms with Crippen LogP contribution in [0.1, 0.15) is 43.9 Å². The summed E-state index contributed by atoms with van der Waals surface area (Å²) in [5.74, 6) is 0.213. The highest BCUT2D eigenvalue weighted by Crippen LogP contribution is 2.34. The molecular weight excluding hydrogens is 560 g/mol. The Morgan fingerprint density at radius 1 is 0.977 bits per heavy atom. The fraction of sp³-hybridized carbons (Fsp3) is 0.429. The van der Waals surface area contributed by atoms with Gasteiger partial charge in [-0.05, 0) is 74.8 Å². The van der Waals surface area contributed by atoms with E-state index >= 15 is 0 Å². The minimum atomic E-state index is -1.29. The summed E-state index contributed by atoms with van der Waals surface area (Å²) in [5.41, 5.74) is 2.80. The van der Waals surface area contributed by atoms with E-state index in [1.807, 2.05) is 75.4 Å². The summed E-state index contributed by atoms with van der Waals surface area (Å²) in [6, 6.07) is 28.4. The van der Waals surface area contributed by atoms with Crippen LogP contribution in [-0.2, 0) is 32.9 Å². The molecule has 43 heavy (non-hydrogen) atoms. The summed E-state index contributed by atoms with van der Waals surface area (Å²) in [5, 5.41) is 10.9. The molecule has 8 heteroatoms. The van der Waals surface area contributed by atoms with Gasteiger partial charge in [0, 0.05) is 29.7 Å². The maximum Gasteiger partial charge on any atom is 0.410 e. The van der Waals surface area contributed by atoms with Crippen LogP contribution in [0.3, 0.4) is 0 Å². The molecule has 0 spiro atoms. The Labute approximate surface area is 259 Å². The Morgan fingerprint density at radius 2 is 1.65 bits per heavy atom. The van der Waals surface area contributed by atoms with Crippen LogP contribution in [0.2, 0.25) is 0 Å². The van der Waals surface area contributed by atoms with Crippen LogP contribution in [0.15, 0.2) is 89.8 Å². The molecule has 1 unspecified atom stereocenters. The van der Waals surface area contributed by atoms with E-state index in [4.69, 9.17) is 9.47 Å². The van der Waals surface area contributed by atoms with Gasteiger partial charge in [-0.2, -0.15) is 0 Å². The van der Waals surface area contributed by atoms with Gasteiger partial charge in [0.1, 0.15) is 5.60 Å². The first kappa shape index (κ1) is 31.1. The smallest absolute Gasteiger partial charge is 0.410 e. The number of carbonyl (C=O) groups excluding carboxylic acids is 2. The van der Waals surface area contributed by atoms with Gasteiger partial charge >= 0.3 is 6.09 Å². The van der Waals surface area contributed by atoms with Crippen molar-refractivity contribution in [3.63, 3.8) is 0 Å². The minimum Gasteiger partial charge on any atom is -0.444 e. The number of thioether (sulfide) groups is 1. The Morgan fingerprint density at radius 3 is 2.35 bits per heavy atom. The molecule has 3 aromatic rings. The lowest BCUT2D eigenvalue weighted by molar-refractivity contribution is -0.170. The topological polar surface area (TPSA) is 79.3 Å². The molecule has 7 nitrogen and oxygen atoms in total. The minimum absolute atomic E-state index is 0.0779. The lowest BCUT2D eigenvalue weighted by Crippen LogP contribution is -2.48. The average molecular weight is 603 g/mol. The van der Waals surface area contributed by atoms with Crippen molar-refractivity contribution in [2.45, 2.75) is 68.7 Å². The van der Waals surface area contributed by atoms with Gasteiger partial charge in [-0.3, -0.25) is 9.69 Å².